The number of methoxy groups -OCH3 is 1. The number of ether oxygens (including phenoxy) is 1. The minimum absolute atomic E-state index is 0.486. The third-order valence-corrected chi connectivity index (χ3v) is 3.88. The fourth-order valence-corrected chi connectivity index (χ4v) is 2.91. The Labute approximate surface area is 112 Å². The van der Waals surface area contributed by atoms with E-state index < -0.39 is 0 Å². The Morgan fingerprint density at radius 1 is 1.47 bits per heavy atom. The van der Waals surface area contributed by atoms with Crippen LogP contribution in [0.4, 0.5) is 0 Å². The summed E-state index contributed by atoms with van der Waals surface area (Å²) < 4.78 is 5.36. The van der Waals surface area contributed by atoms with Gasteiger partial charge in [0, 0.05) is 29.1 Å². The van der Waals surface area contributed by atoms with Crippen LogP contribution in [0.15, 0.2) is 18.2 Å². The van der Waals surface area contributed by atoms with Crippen LogP contribution >= 0.6 is 23.2 Å². The number of likely N-dealkylation sites (tertiary alicyclic amines) is 1. The predicted octanol–water partition coefficient (Wildman–Crippen LogP) is 3.55. The standard InChI is InChI=1S/C13H17Cl2NO/c1-17-13-5-4-11(15)7-10(13)9-16-6-2-3-12(16)8-14/h4-5,7,12H,2-3,6,8-9H2,1H3. The topological polar surface area (TPSA) is 12.5 Å². The summed E-state index contributed by atoms with van der Waals surface area (Å²) in [5, 5.41) is 0.752. The van der Waals surface area contributed by atoms with Crippen molar-refractivity contribution >= 4 is 23.2 Å². The van der Waals surface area contributed by atoms with Crippen molar-refractivity contribution in [2.24, 2.45) is 0 Å². The first-order valence-corrected chi connectivity index (χ1v) is 6.78. The van der Waals surface area contributed by atoms with E-state index in [-0.39, 0.29) is 0 Å². The van der Waals surface area contributed by atoms with E-state index in [4.69, 9.17) is 27.9 Å². The van der Waals surface area contributed by atoms with Crippen LogP contribution in [0, 0.1) is 0 Å². The van der Waals surface area contributed by atoms with Crippen molar-refractivity contribution in [1.29, 1.82) is 0 Å². The summed E-state index contributed by atoms with van der Waals surface area (Å²) in [7, 11) is 1.69. The summed E-state index contributed by atoms with van der Waals surface area (Å²) in [6.07, 6.45) is 2.41. The largest absolute Gasteiger partial charge is 0.496 e. The summed E-state index contributed by atoms with van der Waals surface area (Å²) in [6.45, 7) is 1.97. The van der Waals surface area contributed by atoms with Gasteiger partial charge in [0.15, 0.2) is 0 Å². The number of benzene rings is 1. The molecule has 1 fully saturated rings. The molecule has 1 aromatic rings. The quantitative estimate of drug-likeness (QED) is 0.778. The van der Waals surface area contributed by atoms with E-state index in [2.05, 4.69) is 4.90 Å². The Morgan fingerprint density at radius 3 is 3.00 bits per heavy atom. The number of rotatable bonds is 4. The summed E-state index contributed by atoms with van der Waals surface area (Å²) >= 11 is 12.0. The zero-order valence-corrected chi connectivity index (χ0v) is 11.5. The molecule has 17 heavy (non-hydrogen) atoms. The molecule has 94 valence electrons. The third kappa shape index (κ3) is 3.06. The van der Waals surface area contributed by atoms with E-state index in [9.17, 15) is 0 Å². The second kappa shape index (κ2) is 5.94. The fourth-order valence-electron chi connectivity index (χ4n) is 2.37. The van der Waals surface area contributed by atoms with Crippen LogP contribution in [0.2, 0.25) is 5.02 Å². The Morgan fingerprint density at radius 2 is 2.29 bits per heavy atom. The van der Waals surface area contributed by atoms with E-state index in [1.807, 2.05) is 18.2 Å². The highest BCUT2D eigenvalue weighted by molar-refractivity contribution is 6.30. The number of nitrogens with zero attached hydrogens (tertiary/aromatic N) is 1. The van der Waals surface area contributed by atoms with Crippen molar-refractivity contribution in [1.82, 2.24) is 4.90 Å². The first-order chi connectivity index (χ1) is 8.24. The van der Waals surface area contributed by atoms with Gasteiger partial charge in [-0.15, -0.1) is 11.6 Å². The maximum atomic E-state index is 6.03. The van der Waals surface area contributed by atoms with Gasteiger partial charge >= 0.3 is 0 Å². The van der Waals surface area contributed by atoms with Gasteiger partial charge in [0.05, 0.1) is 7.11 Å². The molecule has 1 atom stereocenters. The molecule has 0 amide bonds. The zero-order chi connectivity index (χ0) is 12.3. The van der Waals surface area contributed by atoms with Crippen LogP contribution in [-0.4, -0.2) is 30.5 Å². The van der Waals surface area contributed by atoms with Gasteiger partial charge in [-0.3, -0.25) is 4.90 Å². The van der Waals surface area contributed by atoms with Crippen molar-refractivity contribution in [3.05, 3.63) is 28.8 Å². The average Bonchev–Trinajstić information content (AvgIpc) is 2.77. The molecule has 1 aromatic carbocycles. The molecule has 2 nitrogen and oxygen atoms in total. The molecule has 1 saturated heterocycles. The summed E-state index contributed by atoms with van der Waals surface area (Å²) in [4.78, 5) is 2.40. The molecule has 0 bridgehead atoms. The minimum atomic E-state index is 0.486. The van der Waals surface area contributed by atoms with E-state index in [0.29, 0.717) is 11.9 Å². The molecule has 1 unspecified atom stereocenters. The Bertz CT molecular complexity index is 384. The second-order valence-electron chi connectivity index (χ2n) is 4.38. The molecule has 0 aromatic heterocycles. The lowest BCUT2D eigenvalue weighted by molar-refractivity contribution is 0.258. The van der Waals surface area contributed by atoms with E-state index >= 15 is 0 Å². The van der Waals surface area contributed by atoms with Crippen LogP contribution in [0.1, 0.15) is 18.4 Å². The van der Waals surface area contributed by atoms with Crippen molar-refractivity contribution < 1.29 is 4.74 Å². The minimum Gasteiger partial charge on any atom is -0.496 e. The lowest BCUT2D eigenvalue weighted by atomic mass is 10.1. The van der Waals surface area contributed by atoms with E-state index in [1.54, 1.807) is 7.11 Å². The van der Waals surface area contributed by atoms with Gasteiger partial charge in [0.1, 0.15) is 5.75 Å². The number of hydrogen-bond acceptors (Lipinski definition) is 2. The van der Waals surface area contributed by atoms with Gasteiger partial charge in [-0.05, 0) is 37.6 Å². The van der Waals surface area contributed by atoms with Gasteiger partial charge in [0.2, 0.25) is 0 Å². The fraction of sp³-hybridized carbons (Fsp3) is 0.538. The summed E-state index contributed by atoms with van der Waals surface area (Å²) in [5.74, 6) is 1.60. The summed E-state index contributed by atoms with van der Waals surface area (Å²) in [6, 6.07) is 6.24. The highest BCUT2D eigenvalue weighted by atomic mass is 35.5. The molecular weight excluding hydrogens is 257 g/mol. The maximum absolute atomic E-state index is 6.03. The van der Waals surface area contributed by atoms with Gasteiger partial charge in [-0.25, -0.2) is 0 Å². The van der Waals surface area contributed by atoms with Crippen LogP contribution < -0.4 is 4.74 Å². The number of alkyl halides is 1. The zero-order valence-electron chi connectivity index (χ0n) is 9.96. The van der Waals surface area contributed by atoms with Crippen molar-refractivity contribution in [3.8, 4) is 5.75 Å². The van der Waals surface area contributed by atoms with E-state index in [1.165, 1.54) is 12.8 Å². The van der Waals surface area contributed by atoms with Crippen molar-refractivity contribution in [2.45, 2.75) is 25.4 Å². The molecule has 2 rings (SSSR count). The first-order valence-electron chi connectivity index (χ1n) is 5.87. The first kappa shape index (κ1) is 13.0. The molecule has 1 aliphatic rings. The highest BCUT2D eigenvalue weighted by Crippen LogP contribution is 2.27. The maximum Gasteiger partial charge on any atom is 0.123 e. The van der Waals surface area contributed by atoms with Crippen LogP contribution in [0.25, 0.3) is 0 Å². The molecule has 0 radical (unpaired) electrons. The predicted molar refractivity (Wildman–Crippen MR) is 72.2 cm³/mol. The number of hydrogen-bond donors (Lipinski definition) is 0. The van der Waals surface area contributed by atoms with Gasteiger partial charge in [-0.2, -0.15) is 0 Å². The van der Waals surface area contributed by atoms with Crippen molar-refractivity contribution in [2.75, 3.05) is 19.5 Å². The summed E-state index contributed by atoms with van der Waals surface area (Å²) in [5.41, 5.74) is 1.14. The normalized spacial score (nSPS) is 20.8. The monoisotopic (exact) mass is 273 g/mol. The third-order valence-electron chi connectivity index (χ3n) is 3.29. The molecule has 4 heteroatoms. The van der Waals surface area contributed by atoms with Crippen LogP contribution in [0.3, 0.4) is 0 Å². The Hall–Kier alpha value is -0.440. The van der Waals surface area contributed by atoms with Gasteiger partial charge < -0.3 is 4.74 Å². The van der Waals surface area contributed by atoms with Crippen LogP contribution in [0.5, 0.6) is 5.75 Å². The highest BCUT2D eigenvalue weighted by Gasteiger charge is 2.24. The second-order valence-corrected chi connectivity index (χ2v) is 5.12. The SMILES string of the molecule is COc1ccc(Cl)cc1CN1CCCC1CCl. The van der Waals surface area contributed by atoms with Crippen molar-refractivity contribution in [3.63, 3.8) is 0 Å². The molecule has 1 aliphatic heterocycles. The average molecular weight is 274 g/mol. The lowest BCUT2D eigenvalue weighted by Crippen LogP contribution is -2.30. The number of halogens is 2. The molecule has 0 spiro atoms. The molecular formula is C13H17Cl2NO. The Kier molecular flexibility index (Phi) is 4.55. The van der Waals surface area contributed by atoms with Gasteiger partial charge in [-0.1, -0.05) is 11.6 Å². The van der Waals surface area contributed by atoms with E-state index in [0.717, 1.165) is 29.4 Å². The lowest BCUT2D eigenvalue weighted by Gasteiger charge is -2.23. The molecule has 0 saturated carbocycles. The Balaban J connectivity index is 2.14. The van der Waals surface area contributed by atoms with Gasteiger partial charge in [0.25, 0.3) is 0 Å². The molecule has 1 heterocycles. The molecule has 0 aliphatic carbocycles. The molecule has 0 N–H and O–H groups in total. The van der Waals surface area contributed by atoms with Crippen LogP contribution in [-0.2, 0) is 6.54 Å². The smallest absolute Gasteiger partial charge is 0.123 e.